The fourth-order valence-corrected chi connectivity index (χ4v) is 3.22. The third-order valence-electron chi connectivity index (χ3n) is 4.42. The number of hydrogen-bond acceptors (Lipinski definition) is 3. The molecule has 0 aliphatic carbocycles. The van der Waals surface area contributed by atoms with Crippen LogP contribution < -0.4 is 5.32 Å². The number of aliphatic hydroxyl groups is 1. The van der Waals surface area contributed by atoms with Crippen LogP contribution in [0.25, 0.3) is 0 Å². The van der Waals surface area contributed by atoms with Crippen LogP contribution in [0.2, 0.25) is 0 Å². The van der Waals surface area contributed by atoms with Crippen molar-refractivity contribution in [2.24, 2.45) is 5.92 Å². The SMILES string of the molecule is O=C1Nc2ccccc2C1CC(=O)N1CCCC(CO)C1. The van der Waals surface area contributed by atoms with Crippen molar-refractivity contribution < 1.29 is 14.7 Å². The molecule has 1 fully saturated rings. The van der Waals surface area contributed by atoms with Crippen LogP contribution in [0, 0.1) is 5.92 Å². The van der Waals surface area contributed by atoms with Gasteiger partial charge < -0.3 is 15.3 Å². The number of benzene rings is 1. The predicted molar refractivity (Wildman–Crippen MR) is 78.8 cm³/mol. The zero-order valence-electron chi connectivity index (χ0n) is 11.9. The highest BCUT2D eigenvalue weighted by molar-refractivity contribution is 6.04. The van der Waals surface area contributed by atoms with Crippen LogP contribution >= 0.6 is 0 Å². The van der Waals surface area contributed by atoms with Gasteiger partial charge in [0.15, 0.2) is 0 Å². The van der Waals surface area contributed by atoms with Gasteiger partial charge in [0, 0.05) is 31.8 Å². The number of carbonyl (C=O) groups excluding carboxylic acids is 2. The number of carbonyl (C=O) groups is 2. The summed E-state index contributed by atoms with van der Waals surface area (Å²) in [6.07, 6.45) is 2.10. The number of piperidine rings is 1. The number of anilines is 1. The Kier molecular flexibility index (Phi) is 3.92. The van der Waals surface area contributed by atoms with Crippen molar-refractivity contribution in [3.05, 3.63) is 29.8 Å². The first-order chi connectivity index (χ1) is 10.2. The van der Waals surface area contributed by atoms with E-state index in [2.05, 4.69) is 5.32 Å². The lowest BCUT2D eigenvalue weighted by Gasteiger charge is -2.32. The molecule has 1 saturated heterocycles. The Morgan fingerprint density at radius 1 is 1.38 bits per heavy atom. The number of hydrogen-bond donors (Lipinski definition) is 2. The molecule has 0 aromatic heterocycles. The van der Waals surface area contributed by atoms with Crippen molar-refractivity contribution >= 4 is 17.5 Å². The highest BCUT2D eigenvalue weighted by Crippen LogP contribution is 2.35. The average molecular weight is 288 g/mol. The van der Waals surface area contributed by atoms with Gasteiger partial charge in [-0.25, -0.2) is 0 Å². The molecule has 1 aromatic rings. The van der Waals surface area contributed by atoms with Gasteiger partial charge in [-0.15, -0.1) is 0 Å². The summed E-state index contributed by atoms with van der Waals surface area (Å²) in [5.74, 6) is -0.305. The Hall–Kier alpha value is -1.88. The lowest BCUT2D eigenvalue weighted by molar-refractivity contribution is -0.135. The minimum atomic E-state index is -0.386. The Bertz CT molecular complexity index is 558. The van der Waals surface area contributed by atoms with Gasteiger partial charge in [0.05, 0.1) is 5.92 Å². The summed E-state index contributed by atoms with van der Waals surface area (Å²) >= 11 is 0. The van der Waals surface area contributed by atoms with E-state index in [0.29, 0.717) is 6.54 Å². The molecule has 112 valence electrons. The molecule has 2 amide bonds. The van der Waals surface area contributed by atoms with E-state index < -0.39 is 0 Å². The summed E-state index contributed by atoms with van der Waals surface area (Å²) in [6, 6.07) is 7.53. The number of likely N-dealkylation sites (tertiary alicyclic amines) is 1. The average Bonchev–Trinajstić information content (AvgIpc) is 2.83. The van der Waals surface area contributed by atoms with Crippen LogP contribution in [-0.4, -0.2) is 41.5 Å². The number of fused-ring (bicyclic) bond motifs is 1. The van der Waals surface area contributed by atoms with Crippen LogP contribution in [-0.2, 0) is 9.59 Å². The summed E-state index contributed by atoms with van der Waals surface area (Å²) in [6.45, 7) is 1.45. The van der Waals surface area contributed by atoms with E-state index in [4.69, 9.17) is 0 Å². The molecule has 2 atom stereocenters. The van der Waals surface area contributed by atoms with Crippen molar-refractivity contribution in [2.45, 2.75) is 25.2 Å². The molecule has 5 heteroatoms. The molecule has 2 N–H and O–H groups in total. The molecule has 3 rings (SSSR count). The van der Waals surface area contributed by atoms with Crippen molar-refractivity contribution in [2.75, 3.05) is 25.0 Å². The summed E-state index contributed by atoms with van der Waals surface area (Å²) in [7, 11) is 0. The Labute approximate surface area is 123 Å². The molecule has 2 aliphatic heterocycles. The largest absolute Gasteiger partial charge is 0.396 e. The zero-order chi connectivity index (χ0) is 14.8. The van der Waals surface area contributed by atoms with Gasteiger partial charge in [0.1, 0.15) is 0 Å². The van der Waals surface area contributed by atoms with Crippen LogP contribution in [0.3, 0.4) is 0 Å². The lowest BCUT2D eigenvalue weighted by Crippen LogP contribution is -2.41. The maximum absolute atomic E-state index is 12.4. The van der Waals surface area contributed by atoms with Crippen LogP contribution in [0.1, 0.15) is 30.7 Å². The van der Waals surface area contributed by atoms with Gasteiger partial charge in [-0.05, 0) is 30.4 Å². The molecule has 0 bridgehead atoms. The molecule has 21 heavy (non-hydrogen) atoms. The van der Waals surface area contributed by atoms with Crippen LogP contribution in [0.15, 0.2) is 24.3 Å². The quantitative estimate of drug-likeness (QED) is 0.882. The van der Waals surface area contributed by atoms with Crippen molar-refractivity contribution in [1.82, 2.24) is 4.90 Å². The first-order valence-corrected chi connectivity index (χ1v) is 7.47. The minimum absolute atomic E-state index is 0.00463. The molecule has 0 spiro atoms. The Balaban J connectivity index is 1.69. The molecule has 2 unspecified atom stereocenters. The molecule has 0 radical (unpaired) electrons. The summed E-state index contributed by atoms with van der Waals surface area (Å²) in [5.41, 5.74) is 1.72. The zero-order valence-corrected chi connectivity index (χ0v) is 11.9. The standard InChI is InChI=1S/C16H20N2O3/c19-10-11-4-3-7-18(9-11)15(20)8-13-12-5-1-2-6-14(12)17-16(13)21/h1-2,5-6,11,13,19H,3-4,7-10H2,(H,17,21). The van der Waals surface area contributed by atoms with Crippen LogP contribution in [0.4, 0.5) is 5.69 Å². The molecule has 0 saturated carbocycles. The summed E-state index contributed by atoms with van der Waals surface area (Å²) in [5, 5.41) is 12.1. The van der Waals surface area contributed by atoms with Crippen LogP contribution in [0.5, 0.6) is 0 Å². The number of amides is 2. The monoisotopic (exact) mass is 288 g/mol. The Morgan fingerprint density at radius 2 is 2.19 bits per heavy atom. The normalized spacial score (nSPS) is 24.6. The van der Waals surface area contributed by atoms with Crippen molar-refractivity contribution in [3.63, 3.8) is 0 Å². The molecular weight excluding hydrogens is 268 g/mol. The van der Waals surface area contributed by atoms with Gasteiger partial charge in [0.2, 0.25) is 11.8 Å². The van der Waals surface area contributed by atoms with E-state index in [1.807, 2.05) is 24.3 Å². The Morgan fingerprint density at radius 3 is 3.00 bits per heavy atom. The van der Waals surface area contributed by atoms with E-state index in [9.17, 15) is 14.7 Å². The third-order valence-corrected chi connectivity index (χ3v) is 4.42. The smallest absolute Gasteiger partial charge is 0.232 e. The first kappa shape index (κ1) is 14.1. The second kappa shape index (κ2) is 5.85. The molecule has 1 aromatic carbocycles. The number of para-hydroxylation sites is 1. The second-order valence-corrected chi connectivity index (χ2v) is 5.86. The van der Waals surface area contributed by atoms with Gasteiger partial charge in [-0.1, -0.05) is 18.2 Å². The highest BCUT2D eigenvalue weighted by Gasteiger charge is 2.34. The second-order valence-electron chi connectivity index (χ2n) is 5.86. The maximum atomic E-state index is 12.4. The molecule has 2 heterocycles. The van der Waals surface area contributed by atoms with E-state index in [1.54, 1.807) is 4.90 Å². The maximum Gasteiger partial charge on any atom is 0.232 e. The minimum Gasteiger partial charge on any atom is -0.396 e. The topological polar surface area (TPSA) is 69.6 Å². The fourth-order valence-electron chi connectivity index (χ4n) is 3.22. The van der Waals surface area contributed by atoms with E-state index in [0.717, 1.165) is 30.6 Å². The van der Waals surface area contributed by atoms with Crippen molar-refractivity contribution in [3.8, 4) is 0 Å². The third kappa shape index (κ3) is 2.78. The molecule has 2 aliphatic rings. The fraction of sp³-hybridized carbons (Fsp3) is 0.500. The van der Waals surface area contributed by atoms with Crippen molar-refractivity contribution in [1.29, 1.82) is 0 Å². The first-order valence-electron chi connectivity index (χ1n) is 7.47. The molecular formula is C16H20N2O3. The van der Waals surface area contributed by atoms with Gasteiger partial charge in [-0.2, -0.15) is 0 Å². The van der Waals surface area contributed by atoms with E-state index in [1.165, 1.54) is 0 Å². The lowest BCUT2D eigenvalue weighted by atomic mass is 9.94. The number of nitrogens with zero attached hydrogens (tertiary/aromatic N) is 1. The number of aliphatic hydroxyl groups excluding tert-OH is 1. The van der Waals surface area contributed by atoms with E-state index >= 15 is 0 Å². The number of nitrogens with one attached hydrogen (secondary N) is 1. The highest BCUT2D eigenvalue weighted by atomic mass is 16.3. The summed E-state index contributed by atoms with van der Waals surface area (Å²) < 4.78 is 0. The summed E-state index contributed by atoms with van der Waals surface area (Å²) in [4.78, 5) is 26.3. The number of rotatable bonds is 3. The van der Waals surface area contributed by atoms with Gasteiger partial charge in [-0.3, -0.25) is 9.59 Å². The molecule has 5 nitrogen and oxygen atoms in total. The van der Waals surface area contributed by atoms with Gasteiger partial charge in [0.25, 0.3) is 0 Å². The van der Waals surface area contributed by atoms with Gasteiger partial charge >= 0.3 is 0 Å². The predicted octanol–water partition coefficient (Wildman–Crippen LogP) is 1.34. The van der Waals surface area contributed by atoms with E-state index in [-0.39, 0.29) is 36.7 Å².